The molecule has 3 N–H and O–H groups in total. The first kappa shape index (κ1) is 13.5. The van der Waals surface area contributed by atoms with Gasteiger partial charge in [-0.3, -0.25) is 0 Å². The highest BCUT2D eigenvalue weighted by Crippen LogP contribution is 2.25. The van der Waals surface area contributed by atoms with Crippen molar-refractivity contribution in [2.45, 2.75) is 6.42 Å². The minimum absolute atomic E-state index is 0.224. The Morgan fingerprint density at radius 1 is 1.14 bits per heavy atom. The summed E-state index contributed by atoms with van der Waals surface area (Å²) in [4.78, 5) is 4.33. The third-order valence-electron chi connectivity index (χ3n) is 2.93. The van der Waals surface area contributed by atoms with Crippen molar-refractivity contribution in [1.82, 2.24) is 10.1 Å². The van der Waals surface area contributed by atoms with Crippen molar-refractivity contribution in [3.05, 3.63) is 58.9 Å². The molecule has 0 bridgehead atoms. The van der Waals surface area contributed by atoms with Crippen LogP contribution in [0.25, 0.3) is 11.5 Å². The number of phenolic OH excluding ortho intramolecular Hbond substituents is 1. The number of aromatic hydroxyl groups is 1. The molecule has 5 nitrogen and oxygen atoms in total. The van der Waals surface area contributed by atoms with Gasteiger partial charge in [0, 0.05) is 22.7 Å². The lowest BCUT2D eigenvalue weighted by atomic mass is 10.1. The first-order valence-electron chi connectivity index (χ1n) is 6.27. The molecule has 1 heterocycles. The maximum Gasteiger partial charge on any atom is 0.258 e. The molecule has 1 aromatic heterocycles. The molecule has 0 unspecified atom stereocenters. The van der Waals surface area contributed by atoms with E-state index in [1.807, 2.05) is 12.1 Å². The molecular weight excluding hydrogens is 290 g/mol. The van der Waals surface area contributed by atoms with Gasteiger partial charge in [0.05, 0.1) is 0 Å². The number of nitrogen functional groups attached to an aromatic ring is 1. The first-order valence-corrected chi connectivity index (χ1v) is 6.65. The minimum atomic E-state index is 0.224. The predicted molar refractivity (Wildman–Crippen MR) is 80.1 cm³/mol. The monoisotopic (exact) mass is 301 g/mol. The fourth-order valence-corrected chi connectivity index (χ4v) is 2.22. The van der Waals surface area contributed by atoms with E-state index in [9.17, 15) is 5.11 Å². The second-order valence-corrected chi connectivity index (χ2v) is 5.07. The molecule has 0 fully saturated rings. The van der Waals surface area contributed by atoms with Gasteiger partial charge in [0.1, 0.15) is 5.75 Å². The van der Waals surface area contributed by atoms with Crippen LogP contribution in [0.3, 0.4) is 0 Å². The van der Waals surface area contributed by atoms with E-state index in [0.29, 0.717) is 34.4 Å². The molecule has 0 aliphatic heterocycles. The van der Waals surface area contributed by atoms with Crippen molar-refractivity contribution >= 4 is 17.3 Å². The molecule has 106 valence electrons. The summed E-state index contributed by atoms with van der Waals surface area (Å²) in [5.41, 5.74) is 7.94. The zero-order valence-electron chi connectivity index (χ0n) is 11.0. The molecule has 6 heteroatoms. The van der Waals surface area contributed by atoms with E-state index in [1.165, 1.54) is 0 Å². The van der Waals surface area contributed by atoms with E-state index in [4.69, 9.17) is 21.9 Å². The summed E-state index contributed by atoms with van der Waals surface area (Å²) in [6, 6.07) is 12.0. The quantitative estimate of drug-likeness (QED) is 0.725. The predicted octanol–water partition coefficient (Wildman–Crippen LogP) is 3.27. The standard InChI is InChI=1S/C15H12ClN3O2/c16-11-6-10(7-12(17)8-11)15-18-14(19-21-15)5-9-1-3-13(20)4-2-9/h1-4,6-8,20H,5,17H2. The maximum atomic E-state index is 9.25. The normalized spacial score (nSPS) is 10.7. The Labute approximate surface area is 126 Å². The van der Waals surface area contributed by atoms with Gasteiger partial charge in [-0.2, -0.15) is 4.98 Å². The maximum absolute atomic E-state index is 9.25. The van der Waals surface area contributed by atoms with E-state index in [-0.39, 0.29) is 5.75 Å². The van der Waals surface area contributed by atoms with Crippen LogP contribution in [0, 0.1) is 0 Å². The van der Waals surface area contributed by atoms with Gasteiger partial charge < -0.3 is 15.4 Å². The van der Waals surface area contributed by atoms with Gasteiger partial charge >= 0.3 is 0 Å². The van der Waals surface area contributed by atoms with Gasteiger partial charge in [0.25, 0.3) is 5.89 Å². The topological polar surface area (TPSA) is 85.2 Å². The molecule has 0 saturated carbocycles. The van der Waals surface area contributed by atoms with Crippen molar-refractivity contribution in [3.63, 3.8) is 0 Å². The van der Waals surface area contributed by atoms with Gasteiger partial charge in [-0.15, -0.1) is 0 Å². The number of halogens is 1. The number of rotatable bonds is 3. The van der Waals surface area contributed by atoms with Gasteiger partial charge in [-0.25, -0.2) is 0 Å². The van der Waals surface area contributed by atoms with Crippen LogP contribution in [0.5, 0.6) is 5.75 Å². The number of anilines is 1. The Balaban J connectivity index is 1.84. The zero-order chi connectivity index (χ0) is 14.8. The SMILES string of the molecule is Nc1cc(Cl)cc(-c2nc(Cc3ccc(O)cc3)no2)c1. The second-order valence-electron chi connectivity index (χ2n) is 4.63. The van der Waals surface area contributed by atoms with E-state index >= 15 is 0 Å². The summed E-state index contributed by atoms with van der Waals surface area (Å²) in [5, 5.41) is 13.7. The van der Waals surface area contributed by atoms with Crippen molar-refractivity contribution in [2.75, 3.05) is 5.73 Å². The van der Waals surface area contributed by atoms with Crippen LogP contribution in [0.2, 0.25) is 5.02 Å². The molecule has 0 aliphatic carbocycles. The Morgan fingerprint density at radius 2 is 1.90 bits per heavy atom. The van der Waals surface area contributed by atoms with Crippen LogP contribution in [-0.4, -0.2) is 15.2 Å². The number of benzene rings is 2. The van der Waals surface area contributed by atoms with Crippen molar-refractivity contribution < 1.29 is 9.63 Å². The van der Waals surface area contributed by atoms with Crippen molar-refractivity contribution in [2.24, 2.45) is 0 Å². The third-order valence-corrected chi connectivity index (χ3v) is 3.15. The average Bonchev–Trinajstić information content (AvgIpc) is 2.89. The number of hydrogen-bond acceptors (Lipinski definition) is 5. The van der Waals surface area contributed by atoms with Gasteiger partial charge in [-0.05, 0) is 35.9 Å². The molecule has 0 aliphatic rings. The Bertz CT molecular complexity index is 749. The van der Waals surface area contributed by atoms with Gasteiger partial charge in [0.15, 0.2) is 5.82 Å². The van der Waals surface area contributed by atoms with E-state index < -0.39 is 0 Å². The second kappa shape index (κ2) is 5.46. The highest BCUT2D eigenvalue weighted by molar-refractivity contribution is 6.31. The average molecular weight is 302 g/mol. The Morgan fingerprint density at radius 3 is 2.62 bits per heavy atom. The molecular formula is C15H12ClN3O2. The third kappa shape index (κ3) is 3.14. The van der Waals surface area contributed by atoms with Crippen LogP contribution in [0.1, 0.15) is 11.4 Å². The lowest BCUT2D eigenvalue weighted by molar-refractivity contribution is 0.424. The first-order chi connectivity index (χ1) is 10.1. The zero-order valence-corrected chi connectivity index (χ0v) is 11.7. The number of nitrogens with two attached hydrogens (primary N) is 1. The summed E-state index contributed by atoms with van der Waals surface area (Å²) < 4.78 is 5.23. The minimum Gasteiger partial charge on any atom is -0.508 e. The van der Waals surface area contributed by atoms with Crippen LogP contribution in [-0.2, 0) is 6.42 Å². The summed E-state index contributed by atoms with van der Waals surface area (Å²) in [7, 11) is 0. The van der Waals surface area contributed by atoms with Crippen LogP contribution >= 0.6 is 11.6 Å². The lowest BCUT2D eigenvalue weighted by Gasteiger charge is -1.98. The summed E-state index contributed by atoms with van der Waals surface area (Å²) in [6.45, 7) is 0. The largest absolute Gasteiger partial charge is 0.508 e. The summed E-state index contributed by atoms with van der Waals surface area (Å²) in [5.74, 6) is 1.15. The smallest absolute Gasteiger partial charge is 0.258 e. The van der Waals surface area contributed by atoms with E-state index in [1.54, 1.807) is 30.3 Å². The fraction of sp³-hybridized carbons (Fsp3) is 0.0667. The Hall–Kier alpha value is -2.53. The van der Waals surface area contributed by atoms with E-state index in [0.717, 1.165) is 5.56 Å². The van der Waals surface area contributed by atoms with Gasteiger partial charge in [-0.1, -0.05) is 28.9 Å². The number of hydrogen-bond donors (Lipinski definition) is 2. The molecule has 0 amide bonds. The molecule has 0 radical (unpaired) electrons. The van der Waals surface area contributed by atoms with Crippen LogP contribution < -0.4 is 5.73 Å². The fourth-order valence-electron chi connectivity index (χ4n) is 1.98. The summed E-state index contributed by atoms with van der Waals surface area (Å²) in [6.07, 6.45) is 0.514. The lowest BCUT2D eigenvalue weighted by Crippen LogP contribution is -1.90. The highest BCUT2D eigenvalue weighted by Gasteiger charge is 2.10. The van der Waals surface area contributed by atoms with Crippen LogP contribution in [0.4, 0.5) is 5.69 Å². The summed E-state index contributed by atoms with van der Waals surface area (Å²) >= 11 is 5.96. The van der Waals surface area contributed by atoms with Gasteiger partial charge in [0.2, 0.25) is 0 Å². The molecule has 0 saturated heterocycles. The van der Waals surface area contributed by atoms with E-state index in [2.05, 4.69) is 10.1 Å². The number of aromatic nitrogens is 2. The molecule has 0 atom stereocenters. The Kier molecular flexibility index (Phi) is 3.50. The highest BCUT2D eigenvalue weighted by atomic mass is 35.5. The molecule has 3 aromatic rings. The van der Waals surface area contributed by atoms with Crippen molar-refractivity contribution in [1.29, 1.82) is 0 Å². The molecule has 21 heavy (non-hydrogen) atoms. The van der Waals surface area contributed by atoms with Crippen LogP contribution in [0.15, 0.2) is 47.0 Å². The molecule has 0 spiro atoms. The number of nitrogens with zero attached hydrogens (tertiary/aromatic N) is 2. The molecule has 3 rings (SSSR count). The number of phenols is 1. The molecule has 2 aromatic carbocycles. The van der Waals surface area contributed by atoms with Crippen molar-refractivity contribution in [3.8, 4) is 17.2 Å².